The van der Waals surface area contributed by atoms with Crippen LogP contribution in [0.3, 0.4) is 0 Å². The second-order valence-corrected chi connectivity index (χ2v) is 4.73. The lowest BCUT2D eigenvalue weighted by Gasteiger charge is -2.23. The third-order valence-electron chi connectivity index (χ3n) is 3.02. The molecule has 1 saturated heterocycles. The van der Waals surface area contributed by atoms with Crippen molar-refractivity contribution in [2.45, 2.75) is 51.8 Å². The average Bonchev–Trinajstić information content (AvgIpc) is 2.42. The van der Waals surface area contributed by atoms with Gasteiger partial charge in [-0.15, -0.1) is 0 Å². The van der Waals surface area contributed by atoms with Crippen molar-refractivity contribution in [3.8, 4) is 0 Å². The second kappa shape index (κ2) is 4.07. The molecule has 1 N–H and O–H groups in total. The zero-order valence-electron chi connectivity index (χ0n) is 9.57. The highest BCUT2D eigenvalue weighted by molar-refractivity contribution is 5.09. The summed E-state index contributed by atoms with van der Waals surface area (Å²) < 4.78 is 19.2. The van der Waals surface area contributed by atoms with E-state index in [2.05, 4.69) is 4.85 Å². The Kier molecular flexibility index (Phi) is 3.37. The van der Waals surface area contributed by atoms with Crippen LogP contribution in [0.2, 0.25) is 0 Å². The molecular formula is C11H18FNO2. The second-order valence-electron chi connectivity index (χ2n) is 4.73. The number of hydrogen-bond acceptors (Lipinski definition) is 2. The first kappa shape index (κ1) is 12.4. The third kappa shape index (κ3) is 1.75. The number of halogens is 1. The first-order chi connectivity index (χ1) is 6.86. The van der Waals surface area contributed by atoms with Gasteiger partial charge in [0.2, 0.25) is 0 Å². The van der Waals surface area contributed by atoms with Crippen LogP contribution in [0.4, 0.5) is 4.39 Å². The van der Waals surface area contributed by atoms with Gasteiger partial charge in [-0.05, 0) is 5.92 Å². The molecule has 1 fully saturated rings. The van der Waals surface area contributed by atoms with Gasteiger partial charge in [0.05, 0.1) is 5.92 Å². The zero-order chi connectivity index (χ0) is 11.8. The van der Waals surface area contributed by atoms with Gasteiger partial charge in [-0.25, -0.2) is 11.0 Å². The van der Waals surface area contributed by atoms with Crippen LogP contribution in [0.25, 0.3) is 4.85 Å². The van der Waals surface area contributed by atoms with Crippen molar-refractivity contribution in [1.29, 1.82) is 0 Å². The minimum absolute atomic E-state index is 0.0444. The fraction of sp³-hybridized carbons (Fsp3) is 0.909. The van der Waals surface area contributed by atoms with Crippen molar-refractivity contribution < 1.29 is 14.2 Å². The van der Waals surface area contributed by atoms with Crippen molar-refractivity contribution in [1.82, 2.24) is 0 Å². The molecule has 3 nitrogen and oxygen atoms in total. The topological polar surface area (TPSA) is 33.8 Å². The lowest BCUT2D eigenvalue weighted by atomic mass is 9.92. The Morgan fingerprint density at radius 1 is 1.40 bits per heavy atom. The number of ether oxygens (including phenoxy) is 1. The summed E-state index contributed by atoms with van der Waals surface area (Å²) in [4.78, 5) is 3.32. The number of rotatable bonds is 2. The molecule has 1 rings (SSSR count). The molecule has 0 aromatic carbocycles. The van der Waals surface area contributed by atoms with Crippen LogP contribution in [0.15, 0.2) is 0 Å². The molecule has 15 heavy (non-hydrogen) atoms. The van der Waals surface area contributed by atoms with E-state index in [4.69, 9.17) is 11.3 Å². The molecule has 0 bridgehead atoms. The number of hydrogen-bond donors (Lipinski definition) is 1. The van der Waals surface area contributed by atoms with E-state index in [0.717, 1.165) is 0 Å². The van der Waals surface area contributed by atoms with Crippen molar-refractivity contribution in [3.63, 3.8) is 0 Å². The number of aliphatic hydroxyl groups excluding tert-OH is 1. The van der Waals surface area contributed by atoms with Crippen LogP contribution in [0, 0.1) is 18.4 Å². The van der Waals surface area contributed by atoms with Gasteiger partial charge in [-0.2, -0.15) is 0 Å². The standard InChI is InChI=1S/C11H18FNO2/c1-6(2)9-8(12)10(14)11(13-5,15-9)7(3)4/h6-10,14H,1-4H3. The first-order valence-corrected chi connectivity index (χ1v) is 5.25. The van der Waals surface area contributed by atoms with Crippen LogP contribution in [-0.4, -0.2) is 29.2 Å². The highest BCUT2D eigenvalue weighted by Crippen LogP contribution is 2.41. The number of alkyl halides is 1. The van der Waals surface area contributed by atoms with E-state index in [1.807, 2.05) is 13.8 Å². The molecule has 86 valence electrons. The van der Waals surface area contributed by atoms with E-state index in [1.54, 1.807) is 13.8 Å². The van der Waals surface area contributed by atoms with E-state index >= 15 is 0 Å². The van der Waals surface area contributed by atoms with Crippen molar-refractivity contribution >= 4 is 0 Å². The summed E-state index contributed by atoms with van der Waals surface area (Å²) in [5.41, 5.74) is -1.41. The smallest absolute Gasteiger partial charge is 0.368 e. The van der Waals surface area contributed by atoms with Gasteiger partial charge < -0.3 is 5.11 Å². The Bertz CT molecular complexity index is 274. The largest absolute Gasteiger partial charge is 0.380 e. The molecule has 4 heteroatoms. The highest BCUT2D eigenvalue weighted by atomic mass is 19.1. The molecule has 0 aliphatic carbocycles. The molecule has 1 aliphatic heterocycles. The Hall–Kier alpha value is -0.660. The minimum atomic E-state index is -1.47. The molecule has 0 saturated carbocycles. The van der Waals surface area contributed by atoms with Crippen molar-refractivity contribution in [2.75, 3.05) is 0 Å². The van der Waals surface area contributed by atoms with E-state index < -0.39 is 24.1 Å². The van der Waals surface area contributed by atoms with Gasteiger partial charge >= 0.3 is 5.72 Å². The van der Waals surface area contributed by atoms with E-state index in [-0.39, 0.29) is 11.8 Å². The fourth-order valence-electron chi connectivity index (χ4n) is 1.96. The first-order valence-electron chi connectivity index (χ1n) is 5.25. The SMILES string of the molecule is [C-]#[N+]C1(C(C)C)OC(C(C)C)C(F)C1O. The van der Waals surface area contributed by atoms with Crippen LogP contribution < -0.4 is 0 Å². The van der Waals surface area contributed by atoms with Gasteiger partial charge in [0, 0.05) is 0 Å². The van der Waals surface area contributed by atoms with Crippen molar-refractivity contribution in [2.24, 2.45) is 11.8 Å². The lowest BCUT2D eigenvalue weighted by Crippen LogP contribution is -2.43. The fourth-order valence-corrected chi connectivity index (χ4v) is 1.96. The normalized spacial score (nSPS) is 41.1. The van der Waals surface area contributed by atoms with Crippen LogP contribution in [0.5, 0.6) is 0 Å². The quantitative estimate of drug-likeness (QED) is 0.715. The maximum Gasteiger partial charge on any atom is 0.368 e. The van der Waals surface area contributed by atoms with Gasteiger partial charge in [-0.3, -0.25) is 9.58 Å². The summed E-state index contributed by atoms with van der Waals surface area (Å²) in [6.45, 7) is 14.3. The Morgan fingerprint density at radius 3 is 2.13 bits per heavy atom. The predicted octanol–water partition coefficient (Wildman–Crippen LogP) is 2.01. The van der Waals surface area contributed by atoms with Gasteiger partial charge in [0.15, 0.2) is 12.3 Å². The van der Waals surface area contributed by atoms with E-state index in [9.17, 15) is 9.50 Å². The molecule has 1 heterocycles. The average molecular weight is 215 g/mol. The molecule has 0 aromatic rings. The summed E-state index contributed by atoms with van der Waals surface area (Å²) in [7, 11) is 0. The molecule has 4 atom stereocenters. The van der Waals surface area contributed by atoms with Crippen LogP contribution >= 0.6 is 0 Å². The minimum Gasteiger partial charge on any atom is -0.380 e. The van der Waals surface area contributed by atoms with Gasteiger partial charge in [-0.1, -0.05) is 27.7 Å². The van der Waals surface area contributed by atoms with E-state index in [1.165, 1.54) is 0 Å². The Balaban J connectivity index is 3.01. The van der Waals surface area contributed by atoms with Gasteiger partial charge in [0.1, 0.15) is 6.10 Å². The molecular weight excluding hydrogens is 197 g/mol. The molecule has 0 aromatic heterocycles. The molecule has 0 radical (unpaired) electrons. The van der Waals surface area contributed by atoms with Crippen LogP contribution in [-0.2, 0) is 4.74 Å². The molecule has 0 spiro atoms. The lowest BCUT2D eigenvalue weighted by molar-refractivity contribution is -0.0885. The summed E-state index contributed by atoms with van der Waals surface area (Å²) in [5.74, 6) is -0.274. The number of aliphatic hydroxyl groups is 1. The monoisotopic (exact) mass is 215 g/mol. The summed E-state index contributed by atoms with van der Waals surface area (Å²) in [6, 6.07) is 0. The third-order valence-corrected chi connectivity index (χ3v) is 3.02. The van der Waals surface area contributed by atoms with Crippen LogP contribution in [0.1, 0.15) is 27.7 Å². The highest BCUT2D eigenvalue weighted by Gasteiger charge is 2.63. The van der Waals surface area contributed by atoms with E-state index in [0.29, 0.717) is 0 Å². The predicted molar refractivity (Wildman–Crippen MR) is 54.8 cm³/mol. The molecule has 0 amide bonds. The maximum absolute atomic E-state index is 13.8. The van der Waals surface area contributed by atoms with Gasteiger partial charge in [0.25, 0.3) is 0 Å². The summed E-state index contributed by atoms with van der Waals surface area (Å²) in [5, 5.41) is 9.78. The summed E-state index contributed by atoms with van der Waals surface area (Å²) in [6.07, 6.45) is -3.50. The maximum atomic E-state index is 13.8. The Labute approximate surface area is 90.1 Å². The summed E-state index contributed by atoms with van der Waals surface area (Å²) >= 11 is 0. The zero-order valence-corrected chi connectivity index (χ0v) is 9.57. The molecule has 4 unspecified atom stereocenters. The van der Waals surface area contributed by atoms with Crippen molar-refractivity contribution in [3.05, 3.63) is 11.4 Å². The number of nitrogens with zero attached hydrogens (tertiary/aromatic N) is 1. The molecule has 1 aliphatic rings. The Morgan fingerprint density at radius 2 is 1.93 bits per heavy atom.